The number of hydrogen-bond donors (Lipinski definition) is 1. The van der Waals surface area contributed by atoms with Crippen LogP contribution >= 0.6 is 31.9 Å². The molecule has 1 rings (SSSR count). The zero-order chi connectivity index (χ0) is 13.5. The molecule has 1 aromatic rings. The van der Waals surface area contributed by atoms with E-state index in [1.165, 1.54) is 0 Å². The SMILES string of the molecule is CN(CCOCCO)C(=O)c1cc(Br)cc(Br)c1. The van der Waals surface area contributed by atoms with Gasteiger partial charge in [0, 0.05) is 28.1 Å². The van der Waals surface area contributed by atoms with Gasteiger partial charge in [0.1, 0.15) is 0 Å². The Morgan fingerprint density at radius 1 is 1.28 bits per heavy atom. The van der Waals surface area contributed by atoms with Gasteiger partial charge in [0.2, 0.25) is 0 Å². The predicted octanol–water partition coefficient (Wildman–Crippen LogP) is 2.29. The number of likely N-dealkylation sites (N-methyl/N-ethyl adjacent to an activating group) is 1. The lowest BCUT2D eigenvalue weighted by Gasteiger charge is -2.17. The Hall–Kier alpha value is -0.430. The van der Waals surface area contributed by atoms with Gasteiger partial charge in [-0.2, -0.15) is 0 Å². The third-order valence-electron chi connectivity index (χ3n) is 2.26. The molecule has 0 aromatic heterocycles. The van der Waals surface area contributed by atoms with Crippen LogP contribution in [-0.2, 0) is 4.74 Å². The van der Waals surface area contributed by atoms with Crippen molar-refractivity contribution in [2.75, 3.05) is 33.4 Å². The van der Waals surface area contributed by atoms with Crippen LogP contribution in [0.5, 0.6) is 0 Å². The number of halogens is 2. The average molecular weight is 381 g/mol. The number of aliphatic hydroxyl groups is 1. The summed E-state index contributed by atoms with van der Waals surface area (Å²) in [6, 6.07) is 5.43. The highest BCUT2D eigenvalue weighted by Crippen LogP contribution is 2.20. The van der Waals surface area contributed by atoms with Crippen LogP contribution in [0.1, 0.15) is 10.4 Å². The number of hydrogen-bond acceptors (Lipinski definition) is 3. The molecule has 0 saturated carbocycles. The molecule has 1 amide bonds. The molecule has 0 heterocycles. The van der Waals surface area contributed by atoms with Crippen molar-refractivity contribution in [1.29, 1.82) is 0 Å². The molecule has 1 aromatic carbocycles. The van der Waals surface area contributed by atoms with Crippen LogP contribution in [0, 0.1) is 0 Å². The van der Waals surface area contributed by atoms with E-state index in [9.17, 15) is 4.79 Å². The summed E-state index contributed by atoms with van der Waals surface area (Å²) in [6.07, 6.45) is 0. The maximum atomic E-state index is 12.1. The van der Waals surface area contributed by atoms with Gasteiger partial charge in [-0.05, 0) is 18.2 Å². The Labute approximate surface area is 123 Å². The van der Waals surface area contributed by atoms with Crippen molar-refractivity contribution < 1.29 is 14.6 Å². The Kier molecular flexibility index (Phi) is 6.85. The number of nitrogens with zero attached hydrogens (tertiary/aromatic N) is 1. The minimum Gasteiger partial charge on any atom is -0.394 e. The van der Waals surface area contributed by atoms with Crippen LogP contribution in [0.15, 0.2) is 27.1 Å². The smallest absolute Gasteiger partial charge is 0.253 e. The Morgan fingerprint density at radius 3 is 2.44 bits per heavy atom. The lowest BCUT2D eigenvalue weighted by molar-refractivity contribution is 0.0618. The lowest BCUT2D eigenvalue weighted by atomic mass is 10.2. The van der Waals surface area contributed by atoms with Gasteiger partial charge in [0.25, 0.3) is 5.91 Å². The van der Waals surface area contributed by atoms with Gasteiger partial charge in [-0.25, -0.2) is 0 Å². The quantitative estimate of drug-likeness (QED) is 0.770. The number of benzene rings is 1. The third kappa shape index (κ3) is 5.06. The molecular formula is C12H15Br2NO3. The number of rotatable bonds is 6. The second-order valence-electron chi connectivity index (χ2n) is 3.72. The topological polar surface area (TPSA) is 49.8 Å². The molecule has 0 spiro atoms. The first-order valence-corrected chi connectivity index (χ1v) is 7.03. The lowest BCUT2D eigenvalue weighted by Crippen LogP contribution is -2.30. The van der Waals surface area contributed by atoms with Crippen molar-refractivity contribution in [2.45, 2.75) is 0 Å². The van der Waals surface area contributed by atoms with Gasteiger partial charge in [-0.3, -0.25) is 4.79 Å². The average Bonchev–Trinajstić information content (AvgIpc) is 2.32. The molecule has 4 nitrogen and oxygen atoms in total. The van der Waals surface area contributed by atoms with Crippen molar-refractivity contribution in [3.8, 4) is 0 Å². The minimum atomic E-state index is -0.0652. The first kappa shape index (κ1) is 15.6. The van der Waals surface area contributed by atoms with Crippen molar-refractivity contribution in [2.24, 2.45) is 0 Å². The molecular weight excluding hydrogens is 366 g/mol. The highest BCUT2D eigenvalue weighted by atomic mass is 79.9. The Balaban J connectivity index is 2.57. The van der Waals surface area contributed by atoms with Gasteiger partial charge in [-0.15, -0.1) is 0 Å². The summed E-state index contributed by atoms with van der Waals surface area (Å²) in [7, 11) is 1.72. The summed E-state index contributed by atoms with van der Waals surface area (Å²) < 4.78 is 6.83. The molecule has 0 fully saturated rings. The molecule has 0 saturated heterocycles. The van der Waals surface area contributed by atoms with E-state index in [1.54, 1.807) is 24.1 Å². The maximum absolute atomic E-state index is 12.1. The number of ether oxygens (including phenoxy) is 1. The second-order valence-corrected chi connectivity index (χ2v) is 5.55. The van der Waals surface area contributed by atoms with Gasteiger partial charge < -0.3 is 14.7 Å². The fourth-order valence-corrected chi connectivity index (χ4v) is 2.66. The highest BCUT2D eigenvalue weighted by Gasteiger charge is 2.12. The number of carbonyl (C=O) groups is 1. The van der Waals surface area contributed by atoms with Crippen molar-refractivity contribution in [3.05, 3.63) is 32.7 Å². The van der Waals surface area contributed by atoms with E-state index in [0.29, 0.717) is 25.3 Å². The van der Waals surface area contributed by atoms with Crippen LogP contribution in [0.3, 0.4) is 0 Å². The molecule has 0 unspecified atom stereocenters. The predicted molar refractivity (Wildman–Crippen MR) is 76.7 cm³/mol. The van der Waals surface area contributed by atoms with Crippen LogP contribution in [0.4, 0.5) is 0 Å². The van der Waals surface area contributed by atoms with Gasteiger partial charge in [0.15, 0.2) is 0 Å². The summed E-state index contributed by atoms with van der Waals surface area (Å²) >= 11 is 6.70. The largest absolute Gasteiger partial charge is 0.394 e. The van der Waals surface area contributed by atoms with Gasteiger partial charge in [-0.1, -0.05) is 31.9 Å². The summed E-state index contributed by atoms with van der Waals surface area (Å²) in [5.41, 5.74) is 0.612. The van der Waals surface area contributed by atoms with Crippen molar-refractivity contribution >= 4 is 37.8 Å². The normalized spacial score (nSPS) is 10.4. The molecule has 0 bridgehead atoms. The number of carbonyl (C=O) groups excluding carboxylic acids is 1. The Morgan fingerprint density at radius 2 is 1.89 bits per heavy atom. The first-order valence-electron chi connectivity index (χ1n) is 5.44. The fraction of sp³-hybridized carbons (Fsp3) is 0.417. The molecule has 0 atom stereocenters. The molecule has 100 valence electrons. The molecule has 0 aliphatic heterocycles. The van der Waals surface area contributed by atoms with E-state index in [1.807, 2.05) is 6.07 Å². The standard InChI is InChI=1S/C12H15Br2NO3/c1-15(2-4-18-5-3-16)12(17)9-6-10(13)8-11(14)7-9/h6-8,16H,2-5H2,1H3. The maximum Gasteiger partial charge on any atom is 0.253 e. The third-order valence-corrected chi connectivity index (χ3v) is 3.18. The number of aliphatic hydroxyl groups excluding tert-OH is 1. The van der Waals surface area contributed by atoms with Gasteiger partial charge >= 0.3 is 0 Å². The monoisotopic (exact) mass is 379 g/mol. The van der Waals surface area contributed by atoms with Crippen LogP contribution in [0.2, 0.25) is 0 Å². The van der Waals surface area contributed by atoms with E-state index in [4.69, 9.17) is 9.84 Å². The molecule has 1 N–H and O–H groups in total. The molecule has 6 heteroatoms. The molecule has 0 radical (unpaired) electrons. The summed E-state index contributed by atoms with van der Waals surface area (Å²) in [4.78, 5) is 13.7. The summed E-state index contributed by atoms with van der Waals surface area (Å²) in [6.45, 7) is 1.20. The van der Waals surface area contributed by atoms with Crippen LogP contribution in [-0.4, -0.2) is 49.3 Å². The first-order chi connectivity index (χ1) is 8.54. The van der Waals surface area contributed by atoms with E-state index >= 15 is 0 Å². The molecule has 18 heavy (non-hydrogen) atoms. The second kappa shape index (κ2) is 7.89. The number of amides is 1. The van der Waals surface area contributed by atoms with Crippen molar-refractivity contribution in [3.63, 3.8) is 0 Å². The Bertz CT molecular complexity index is 392. The van der Waals surface area contributed by atoms with E-state index in [2.05, 4.69) is 31.9 Å². The summed E-state index contributed by atoms with van der Waals surface area (Å²) in [5.74, 6) is -0.0652. The van der Waals surface area contributed by atoms with E-state index < -0.39 is 0 Å². The van der Waals surface area contributed by atoms with Crippen LogP contribution in [0.25, 0.3) is 0 Å². The van der Waals surface area contributed by atoms with E-state index in [0.717, 1.165) is 8.95 Å². The van der Waals surface area contributed by atoms with Gasteiger partial charge in [0.05, 0.1) is 19.8 Å². The zero-order valence-electron chi connectivity index (χ0n) is 10.0. The molecule has 0 aliphatic carbocycles. The van der Waals surface area contributed by atoms with E-state index in [-0.39, 0.29) is 12.5 Å². The van der Waals surface area contributed by atoms with Crippen molar-refractivity contribution in [1.82, 2.24) is 4.90 Å². The fourth-order valence-electron chi connectivity index (χ4n) is 1.37. The summed E-state index contributed by atoms with van der Waals surface area (Å²) in [5, 5.41) is 8.56. The minimum absolute atomic E-state index is 0.00373. The van der Waals surface area contributed by atoms with Crippen LogP contribution < -0.4 is 0 Å². The zero-order valence-corrected chi connectivity index (χ0v) is 13.2. The highest BCUT2D eigenvalue weighted by molar-refractivity contribution is 9.11. The molecule has 0 aliphatic rings.